The number of fused-ring (bicyclic) bond motifs is 1. The first kappa shape index (κ1) is 18.4. The Balaban J connectivity index is 1.37. The van der Waals surface area contributed by atoms with Crippen LogP contribution in [0.3, 0.4) is 0 Å². The summed E-state index contributed by atoms with van der Waals surface area (Å²) in [5, 5.41) is 14.7. The average molecular weight is 375 g/mol. The zero-order valence-electron chi connectivity index (χ0n) is 16.0. The van der Waals surface area contributed by atoms with E-state index >= 15 is 0 Å². The summed E-state index contributed by atoms with van der Waals surface area (Å²) in [6, 6.07) is 0.459. The molecule has 2 aromatic heterocycles. The van der Waals surface area contributed by atoms with Gasteiger partial charge in [-0.05, 0) is 55.0 Å². The minimum Gasteiger partial charge on any atom is -0.383 e. The van der Waals surface area contributed by atoms with Gasteiger partial charge in [0.05, 0.1) is 6.61 Å². The zero-order valence-corrected chi connectivity index (χ0v) is 16.0. The van der Waals surface area contributed by atoms with Gasteiger partial charge in [-0.25, -0.2) is 14.6 Å². The quantitative estimate of drug-likeness (QED) is 0.718. The largest absolute Gasteiger partial charge is 0.383 e. The zero-order chi connectivity index (χ0) is 18.5. The summed E-state index contributed by atoms with van der Waals surface area (Å²) >= 11 is 0. The molecule has 2 fully saturated rings. The molecule has 2 N–H and O–H groups in total. The Morgan fingerprint density at radius 3 is 2.44 bits per heavy atom. The van der Waals surface area contributed by atoms with E-state index < -0.39 is 0 Å². The molecule has 148 valence electrons. The Bertz CT molecular complexity index is 724. The highest BCUT2D eigenvalue weighted by Gasteiger charge is 2.22. The number of nitrogens with zero attached hydrogens (tertiary/aromatic N) is 5. The van der Waals surface area contributed by atoms with Crippen LogP contribution in [0.5, 0.6) is 0 Å². The second-order valence-corrected chi connectivity index (χ2v) is 7.62. The SMILES string of the molecule is COCCN1CCC(CNc2nc3nonc3nc2NC2CCCC2)CC1. The minimum atomic E-state index is 0.448. The second-order valence-electron chi connectivity index (χ2n) is 7.62. The molecule has 0 atom stereocenters. The van der Waals surface area contributed by atoms with Gasteiger partial charge in [-0.1, -0.05) is 12.8 Å². The van der Waals surface area contributed by atoms with Crippen molar-refractivity contribution in [1.29, 1.82) is 0 Å². The molecule has 0 radical (unpaired) electrons. The van der Waals surface area contributed by atoms with Crippen molar-refractivity contribution in [2.75, 3.05) is 50.5 Å². The number of aromatic nitrogens is 4. The molecule has 2 aromatic rings. The van der Waals surface area contributed by atoms with Gasteiger partial charge in [-0.3, -0.25) is 0 Å². The molecule has 1 aliphatic carbocycles. The lowest BCUT2D eigenvalue weighted by atomic mass is 9.97. The summed E-state index contributed by atoms with van der Waals surface area (Å²) in [5.74, 6) is 2.16. The van der Waals surface area contributed by atoms with Crippen LogP contribution in [0, 0.1) is 5.92 Å². The van der Waals surface area contributed by atoms with Gasteiger partial charge in [0.1, 0.15) is 0 Å². The summed E-state index contributed by atoms with van der Waals surface area (Å²) in [6.07, 6.45) is 7.26. The lowest BCUT2D eigenvalue weighted by molar-refractivity contribution is 0.122. The molecule has 0 bridgehead atoms. The second kappa shape index (κ2) is 8.79. The lowest BCUT2D eigenvalue weighted by Gasteiger charge is -2.32. The molecule has 9 heteroatoms. The van der Waals surface area contributed by atoms with Gasteiger partial charge in [0.25, 0.3) is 0 Å². The van der Waals surface area contributed by atoms with E-state index in [9.17, 15) is 0 Å². The number of rotatable bonds is 8. The van der Waals surface area contributed by atoms with E-state index in [1.807, 2.05) is 0 Å². The van der Waals surface area contributed by atoms with Crippen molar-refractivity contribution in [2.24, 2.45) is 5.92 Å². The maximum absolute atomic E-state index is 5.18. The van der Waals surface area contributed by atoms with Gasteiger partial charge >= 0.3 is 0 Å². The van der Waals surface area contributed by atoms with Crippen LogP contribution in [0.2, 0.25) is 0 Å². The number of piperidine rings is 1. The van der Waals surface area contributed by atoms with Crippen LogP contribution in [0.4, 0.5) is 11.6 Å². The van der Waals surface area contributed by atoms with Crippen molar-refractivity contribution >= 4 is 22.9 Å². The standard InChI is InChI=1S/C18H29N7O2/c1-26-11-10-25-8-6-13(7-9-25)12-19-15-16(20-14-4-2-3-5-14)22-18-17(21-15)23-27-24-18/h13-14H,2-12H2,1H3,(H,19,21,23)(H,20,22,24). The number of likely N-dealkylation sites (tertiary alicyclic amines) is 1. The van der Waals surface area contributed by atoms with Crippen LogP contribution in [-0.2, 0) is 4.74 Å². The summed E-state index contributed by atoms with van der Waals surface area (Å²) < 4.78 is 9.97. The maximum atomic E-state index is 5.18. The van der Waals surface area contributed by atoms with E-state index in [-0.39, 0.29) is 0 Å². The molecule has 4 rings (SSSR count). The molecule has 0 unspecified atom stereocenters. The predicted octanol–water partition coefficient (Wildman–Crippen LogP) is 2.14. The maximum Gasteiger partial charge on any atom is 0.245 e. The summed E-state index contributed by atoms with van der Waals surface area (Å²) in [5.41, 5.74) is 0.899. The molecule has 27 heavy (non-hydrogen) atoms. The normalized spacial score (nSPS) is 19.7. The van der Waals surface area contributed by atoms with Crippen molar-refractivity contribution in [3.63, 3.8) is 0 Å². The fourth-order valence-electron chi connectivity index (χ4n) is 4.00. The summed E-state index contributed by atoms with van der Waals surface area (Å²) in [6.45, 7) is 4.97. The van der Waals surface area contributed by atoms with Crippen molar-refractivity contribution in [3.05, 3.63) is 0 Å². The van der Waals surface area contributed by atoms with Gasteiger partial charge in [0.15, 0.2) is 11.6 Å². The fraction of sp³-hybridized carbons (Fsp3) is 0.778. The molecule has 2 aliphatic rings. The number of methoxy groups -OCH3 is 1. The highest BCUT2D eigenvalue weighted by atomic mass is 16.6. The Kier molecular flexibility index (Phi) is 5.98. The molecule has 1 saturated carbocycles. The molecule has 0 amide bonds. The van der Waals surface area contributed by atoms with Crippen LogP contribution in [0.15, 0.2) is 4.63 Å². The Morgan fingerprint density at radius 1 is 1.04 bits per heavy atom. The fourth-order valence-corrected chi connectivity index (χ4v) is 4.00. The molecule has 1 saturated heterocycles. The van der Waals surface area contributed by atoms with Crippen molar-refractivity contribution < 1.29 is 9.37 Å². The Morgan fingerprint density at radius 2 is 1.74 bits per heavy atom. The summed E-state index contributed by atoms with van der Waals surface area (Å²) in [7, 11) is 1.76. The molecule has 1 aliphatic heterocycles. The monoisotopic (exact) mass is 375 g/mol. The first-order chi connectivity index (χ1) is 13.3. The van der Waals surface area contributed by atoms with Crippen molar-refractivity contribution in [1.82, 2.24) is 25.2 Å². The first-order valence-corrected chi connectivity index (χ1v) is 10.0. The molecule has 9 nitrogen and oxygen atoms in total. The van der Waals surface area contributed by atoms with E-state index in [4.69, 9.17) is 9.37 Å². The van der Waals surface area contributed by atoms with Crippen LogP contribution in [0.1, 0.15) is 38.5 Å². The van der Waals surface area contributed by atoms with Gasteiger partial charge in [-0.15, -0.1) is 0 Å². The minimum absolute atomic E-state index is 0.448. The molecular formula is C18H29N7O2. The van der Waals surface area contributed by atoms with E-state index in [1.165, 1.54) is 38.5 Å². The van der Waals surface area contributed by atoms with Gasteiger partial charge in [-0.2, -0.15) is 0 Å². The highest BCUT2D eigenvalue weighted by Crippen LogP contribution is 2.27. The topological polar surface area (TPSA) is 101 Å². The molecule has 0 aromatic carbocycles. The van der Waals surface area contributed by atoms with Crippen molar-refractivity contribution in [3.8, 4) is 0 Å². The van der Waals surface area contributed by atoms with Crippen LogP contribution >= 0.6 is 0 Å². The number of ether oxygens (including phenoxy) is 1. The van der Waals surface area contributed by atoms with E-state index in [0.717, 1.165) is 44.4 Å². The molecule has 0 spiro atoms. The predicted molar refractivity (Wildman–Crippen MR) is 103 cm³/mol. The Hall–Kier alpha value is -2.00. The third-order valence-corrected chi connectivity index (χ3v) is 5.69. The molecule has 3 heterocycles. The van der Waals surface area contributed by atoms with E-state index in [1.54, 1.807) is 7.11 Å². The van der Waals surface area contributed by atoms with Crippen molar-refractivity contribution in [2.45, 2.75) is 44.6 Å². The third kappa shape index (κ3) is 4.65. The number of hydrogen-bond donors (Lipinski definition) is 2. The Labute approximate surface area is 159 Å². The lowest BCUT2D eigenvalue weighted by Crippen LogP contribution is -2.37. The molecular weight excluding hydrogens is 346 g/mol. The first-order valence-electron chi connectivity index (χ1n) is 10.0. The van der Waals surface area contributed by atoms with Gasteiger partial charge < -0.3 is 20.3 Å². The number of anilines is 2. The number of hydrogen-bond acceptors (Lipinski definition) is 9. The smallest absolute Gasteiger partial charge is 0.245 e. The third-order valence-electron chi connectivity index (χ3n) is 5.69. The summed E-state index contributed by atoms with van der Waals surface area (Å²) in [4.78, 5) is 11.6. The van der Waals surface area contributed by atoms with E-state index in [0.29, 0.717) is 23.3 Å². The highest BCUT2D eigenvalue weighted by molar-refractivity contribution is 5.73. The van der Waals surface area contributed by atoms with E-state index in [2.05, 4.69) is 35.8 Å². The average Bonchev–Trinajstić information content (AvgIpc) is 3.37. The number of nitrogens with one attached hydrogen (secondary N) is 2. The van der Waals surface area contributed by atoms with Gasteiger partial charge in [0.2, 0.25) is 11.3 Å². The van der Waals surface area contributed by atoms with Gasteiger partial charge in [0, 0.05) is 26.2 Å². The van der Waals surface area contributed by atoms with Crippen LogP contribution in [0.25, 0.3) is 11.3 Å². The van der Waals surface area contributed by atoms with Crippen LogP contribution < -0.4 is 10.6 Å². The van der Waals surface area contributed by atoms with Crippen LogP contribution in [-0.4, -0.2) is 71.1 Å².